The van der Waals surface area contributed by atoms with E-state index >= 15 is 0 Å². The van der Waals surface area contributed by atoms with E-state index in [4.69, 9.17) is 10.5 Å². The van der Waals surface area contributed by atoms with E-state index in [9.17, 15) is 8.78 Å². The monoisotopic (exact) mass is 219 g/mol. The summed E-state index contributed by atoms with van der Waals surface area (Å²) in [6, 6.07) is 0. The van der Waals surface area contributed by atoms with Crippen molar-refractivity contribution in [2.75, 3.05) is 6.54 Å². The van der Waals surface area contributed by atoms with Crippen molar-refractivity contribution in [3.8, 4) is 0 Å². The number of nitrogens with two attached hydrogens (primary N) is 1. The van der Waals surface area contributed by atoms with Gasteiger partial charge in [-0.05, 0) is 25.7 Å². The molecule has 0 aromatic carbocycles. The summed E-state index contributed by atoms with van der Waals surface area (Å²) in [7, 11) is 0. The molecule has 5 atom stereocenters. The Morgan fingerprint density at radius 3 is 2.53 bits per heavy atom. The summed E-state index contributed by atoms with van der Waals surface area (Å²) in [6.45, 7) is 0.506. The van der Waals surface area contributed by atoms with Crippen LogP contribution in [-0.2, 0) is 4.74 Å². The highest BCUT2D eigenvalue weighted by Gasteiger charge is 2.39. The Morgan fingerprint density at radius 1 is 1.13 bits per heavy atom. The predicted octanol–water partition coefficient (Wildman–Crippen LogP) is 1.97. The van der Waals surface area contributed by atoms with E-state index in [0.717, 1.165) is 12.8 Å². The minimum atomic E-state index is -1.03. The third-order valence-corrected chi connectivity index (χ3v) is 3.64. The number of hydrogen-bond donors (Lipinski definition) is 1. The minimum absolute atomic E-state index is 0.0268. The number of rotatable bonds is 2. The molecule has 1 saturated carbocycles. The van der Waals surface area contributed by atoms with Gasteiger partial charge in [0.25, 0.3) is 0 Å². The van der Waals surface area contributed by atoms with Gasteiger partial charge in [-0.1, -0.05) is 0 Å². The third kappa shape index (κ3) is 2.48. The molecule has 0 bridgehead atoms. The van der Waals surface area contributed by atoms with Crippen LogP contribution >= 0.6 is 0 Å². The topological polar surface area (TPSA) is 35.2 Å². The van der Waals surface area contributed by atoms with Gasteiger partial charge in [-0.2, -0.15) is 0 Å². The largest absolute Gasteiger partial charge is 0.373 e. The van der Waals surface area contributed by atoms with Gasteiger partial charge >= 0.3 is 0 Å². The van der Waals surface area contributed by atoms with E-state index in [-0.39, 0.29) is 24.5 Å². The summed E-state index contributed by atoms with van der Waals surface area (Å²) >= 11 is 0. The van der Waals surface area contributed by atoms with Crippen molar-refractivity contribution in [2.45, 2.75) is 56.7 Å². The first-order valence-corrected chi connectivity index (χ1v) is 5.84. The maximum atomic E-state index is 13.6. The van der Waals surface area contributed by atoms with Crippen molar-refractivity contribution in [1.29, 1.82) is 0 Å². The van der Waals surface area contributed by atoms with Gasteiger partial charge < -0.3 is 10.5 Å². The number of alkyl halides is 2. The molecule has 2 aliphatic rings. The highest BCUT2D eigenvalue weighted by Crippen LogP contribution is 2.37. The molecule has 2 N–H and O–H groups in total. The van der Waals surface area contributed by atoms with E-state index < -0.39 is 12.3 Å². The van der Waals surface area contributed by atoms with E-state index in [1.807, 2.05) is 0 Å². The normalized spacial score (nSPS) is 47.0. The van der Waals surface area contributed by atoms with Crippen LogP contribution in [0.2, 0.25) is 0 Å². The molecule has 0 spiro atoms. The summed E-state index contributed by atoms with van der Waals surface area (Å²) in [4.78, 5) is 0. The van der Waals surface area contributed by atoms with Crippen LogP contribution in [0.3, 0.4) is 0 Å². The van der Waals surface area contributed by atoms with E-state index in [0.29, 0.717) is 19.4 Å². The molecule has 0 aromatic heterocycles. The summed E-state index contributed by atoms with van der Waals surface area (Å²) in [6.07, 6.45) is 1.03. The third-order valence-electron chi connectivity index (χ3n) is 3.64. The molecule has 0 aromatic rings. The molecular weight excluding hydrogens is 200 g/mol. The lowest BCUT2D eigenvalue weighted by Crippen LogP contribution is -2.36. The molecular formula is C11H19F2NO. The van der Waals surface area contributed by atoms with Crippen LogP contribution in [-0.4, -0.2) is 31.1 Å². The maximum absolute atomic E-state index is 13.6. The molecule has 1 heterocycles. The number of halogens is 2. The van der Waals surface area contributed by atoms with E-state index in [2.05, 4.69) is 0 Å². The van der Waals surface area contributed by atoms with Crippen LogP contribution in [0.25, 0.3) is 0 Å². The Morgan fingerprint density at radius 2 is 1.93 bits per heavy atom. The SMILES string of the molecule is NCC1CCC(C2CCC(F)CC2F)O1. The van der Waals surface area contributed by atoms with Gasteiger partial charge in [0.2, 0.25) is 0 Å². The fourth-order valence-electron chi connectivity index (χ4n) is 2.73. The highest BCUT2D eigenvalue weighted by molar-refractivity contribution is 4.88. The molecule has 1 aliphatic heterocycles. The Hall–Kier alpha value is -0.220. The van der Waals surface area contributed by atoms with Crippen LogP contribution in [0.4, 0.5) is 8.78 Å². The summed E-state index contributed by atoms with van der Waals surface area (Å²) in [5, 5.41) is 0. The van der Waals surface area contributed by atoms with Crippen molar-refractivity contribution in [1.82, 2.24) is 0 Å². The minimum Gasteiger partial charge on any atom is -0.373 e. The van der Waals surface area contributed by atoms with Gasteiger partial charge in [-0.3, -0.25) is 0 Å². The first kappa shape index (κ1) is 11.3. The highest BCUT2D eigenvalue weighted by atomic mass is 19.1. The summed E-state index contributed by atoms with van der Waals surface area (Å²) in [5.74, 6) is -0.103. The lowest BCUT2D eigenvalue weighted by Gasteiger charge is -2.32. The van der Waals surface area contributed by atoms with Gasteiger partial charge in [0.1, 0.15) is 12.3 Å². The van der Waals surface area contributed by atoms with Gasteiger partial charge in [-0.25, -0.2) is 8.78 Å². The average molecular weight is 219 g/mol. The Bertz CT molecular complexity index is 215. The molecule has 0 amide bonds. The zero-order valence-electron chi connectivity index (χ0n) is 8.87. The molecule has 2 nitrogen and oxygen atoms in total. The van der Waals surface area contributed by atoms with Crippen LogP contribution in [0.5, 0.6) is 0 Å². The van der Waals surface area contributed by atoms with Crippen molar-refractivity contribution in [3.63, 3.8) is 0 Å². The average Bonchev–Trinajstić information content (AvgIpc) is 2.66. The maximum Gasteiger partial charge on any atom is 0.108 e. The van der Waals surface area contributed by atoms with Gasteiger partial charge in [-0.15, -0.1) is 0 Å². The fraction of sp³-hybridized carbons (Fsp3) is 1.00. The molecule has 2 rings (SSSR count). The second-order valence-corrected chi connectivity index (χ2v) is 4.70. The predicted molar refractivity (Wildman–Crippen MR) is 54.1 cm³/mol. The lowest BCUT2D eigenvalue weighted by atomic mass is 9.82. The number of ether oxygens (including phenoxy) is 1. The Labute approximate surface area is 89.2 Å². The van der Waals surface area contributed by atoms with Gasteiger partial charge in [0, 0.05) is 18.9 Å². The smallest absolute Gasteiger partial charge is 0.108 e. The molecule has 4 heteroatoms. The molecule has 5 unspecified atom stereocenters. The second-order valence-electron chi connectivity index (χ2n) is 4.70. The molecule has 2 fully saturated rings. The lowest BCUT2D eigenvalue weighted by molar-refractivity contribution is -0.0336. The quantitative estimate of drug-likeness (QED) is 0.770. The van der Waals surface area contributed by atoms with Crippen molar-refractivity contribution in [2.24, 2.45) is 11.7 Å². The molecule has 15 heavy (non-hydrogen) atoms. The van der Waals surface area contributed by atoms with Crippen LogP contribution in [0.1, 0.15) is 32.1 Å². The number of hydrogen-bond acceptors (Lipinski definition) is 2. The first-order valence-electron chi connectivity index (χ1n) is 5.84. The second kappa shape index (κ2) is 4.74. The standard InChI is InChI=1S/C11H19F2NO/c12-7-1-3-9(10(13)5-7)11-4-2-8(6-14)15-11/h7-11H,1-6,14H2. The van der Waals surface area contributed by atoms with Crippen LogP contribution in [0.15, 0.2) is 0 Å². The first-order chi connectivity index (χ1) is 7.20. The zero-order valence-corrected chi connectivity index (χ0v) is 8.87. The van der Waals surface area contributed by atoms with Crippen molar-refractivity contribution < 1.29 is 13.5 Å². The molecule has 1 saturated heterocycles. The van der Waals surface area contributed by atoms with Gasteiger partial charge in [0.05, 0.1) is 12.2 Å². The van der Waals surface area contributed by atoms with Gasteiger partial charge in [0.15, 0.2) is 0 Å². The Kier molecular flexibility index (Phi) is 3.57. The summed E-state index contributed by atoms with van der Waals surface area (Å²) in [5.41, 5.74) is 5.50. The van der Waals surface area contributed by atoms with Crippen LogP contribution in [0, 0.1) is 5.92 Å². The van der Waals surface area contributed by atoms with Crippen molar-refractivity contribution in [3.05, 3.63) is 0 Å². The van der Waals surface area contributed by atoms with E-state index in [1.54, 1.807) is 0 Å². The zero-order chi connectivity index (χ0) is 10.8. The molecule has 0 radical (unpaired) electrons. The summed E-state index contributed by atoms with van der Waals surface area (Å²) < 4.78 is 32.2. The van der Waals surface area contributed by atoms with Crippen LogP contribution < -0.4 is 5.73 Å². The fourth-order valence-corrected chi connectivity index (χ4v) is 2.73. The van der Waals surface area contributed by atoms with Crippen molar-refractivity contribution >= 4 is 0 Å². The van der Waals surface area contributed by atoms with E-state index in [1.165, 1.54) is 0 Å². The molecule has 1 aliphatic carbocycles. The Balaban J connectivity index is 1.88. The molecule has 88 valence electrons.